The molecule has 0 spiro atoms. The summed E-state index contributed by atoms with van der Waals surface area (Å²) in [6.07, 6.45) is 3.57. The van der Waals surface area contributed by atoms with E-state index in [2.05, 4.69) is 52.7 Å². The molecule has 1 N–H and O–H groups in total. The maximum atomic E-state index is 4.61. The molecule has 3 rings (SSSR count). The highest BCUT2D eigenvalue weighted by molar-refractivity contribution is 7.14. The minimum Gasteiger partial charge on any atom is -0.332 e. The van der Waals surface area contributed by atoms with Crippen LogP contribution in [0.15, 0.2) is 48.1 Å². The third-order valence-corrected chi connectivity index (χ3v) is 4.00. The second-order valence-electron chi connectivity index (χ2n) is 4.70. The first-order valence-electron chi connectivity index (χ1n) is 6.42. The lowest BCUT2D eigenvalue weighted by Gasteiger charge is -2.05. The Labute approximate surface area is 122 Å². The highest BCUT2D eigenvalue weighted by Crippen LogP contribution is 2.27. The molecule has 0 atom stereocenters. The SMILES string of the molecule is Cc1ccc(Nc2nc(-c3ccncc3)cs2)cc1C. The van der Waals surface area contributed by atoms with Gasteiger partial charge in [-0.15, -0.1) is 11.3 Å². The van der Waals surface area contributed by atoms with Gasteiger partial charge in [0.2, 0.25) is 0 Å². The molecule has 0 aliphatic carbocycles. The highest BCUT2D eigenvalue weighted by atomic mass is 32.1. The van der Waals surface area contributed by atoms with Crippen LogP contribution in [0.1, 0.15) is 11.1 Å². The van der Waals surface area contributed by atoms with Crippen molar-refractivity contribution in [2.45, 2.75) is 13.8 Å². The number of aryl methyl sites for hydroxylation is 2. The maximum Gasteiger partial charge on any atom is 0.187 e. The first-order chi connectivity index (χ1) is 9.72. The van der Waals surface area contributed by atoms with Crippen LogP contribution in [0.2, 0.25) is 0 Å². The molecule has 1 aromatic carbocycles. The molecule has 20 heavy (non-hydrogen) atoms. The number of hydrogen-bond donors (Lipinski definition) is 1. The topological polar surface area (TPSA) is 37.8 Å². The van der Waals surface area contributed by atoms with E-state index >= 15 is 0 Å². The van der Waals surface area contributed by atoms with E-state index in [-0.39, 0.29) is 0 Å². The summed E-state index contributed by atoms with van der Waals surface area (Å²) in [5.41, 5.74) is 5.71. The average Bonchev–Trinajstić information content (AvgIpc) is 2.92. The largest absolute Gasteiger partial charge is 0.332 e. The first kappa shape index (κ1) is 12.8. The molecule has 0 saturated carbocycles. The van der Waals surface area contributed by atoms with Crippen LogP contribution in [0.25, 0.3) is 11.3 Å². The molecule has 0 unspecified atom stereocenters. The van der Waals surface area contributed by atoms with Gasteiger partial charge in [0, 0.05) is 29.0 Å². The molecule has 0 saturated heterocycles. The number of nitrogens with zero attached hydrogens (tertiary/aromatic N) is 2. The van der Waals surface area contributed by atoms with Crippen LogP contribution in [0.5, 0.6) is 0 Å². The van der Waals surface area contributed by atoms with Gasteiger partial charge in [0.1, 0.15) is 0 Å². The summed E-state index contributed by atoms with van der Waals surface area (Å²) in [7, 11) is 0. The quantitative estimate of drug-likeness (QED) is 0.764. The van der Waals surface area contributed by atoms with Crippen LogP contribution < -0.4 is 5.32 Å². The molecule has 0 radical (unpaired) electrons. The van der Waals surface area contributed by atoms with E-state index in [0.29, 0.717) is 0 Å². The highest BCUT2D eigenvalue weighted by Gasteiger charge is 2.05. The summed E-state index contributed by atoms with van der Waals surface area (Å²) in [6, 6.07) is 10.3. The fourth-order valence-corrected chi connectivity index (χ4v) is 2.67. The summed E-state index contributed by atoms with van der Waals surface area (Å²) in [4.78, 5) is 8.63. The van der Waals surface area contributed by atoms with Gasteiger partial charge in [0.15, 0.2) is 5.13 Å². The minimum absolute atomic E-state index is 0.903. The van der Waals surface area contributed by atoms with E-state index in [1.165, 1.54) is 11.1 Å². The molecular weight excluding hydrogens is 266 g/mol. The van der Waals surface area contributed by atoms with Gasteiger partial charge in [-0.1, -0.05) is 6.07 Å². The normalized spacial score (nSPS) is 10.5. The summed E-state index contributed by atoms with van der Waals surface area (Å²) in [5.74, 6) is 0. The number of thiazole rings is 1. The van der Waals surface area contributed by atoms with Gasteiger partial charge >= 0.3 is 0 Å². The first-order valence-corrected chi connectivity index (χ1v) is 7.30. The Morgan fingerprint density at radius 3 is 2.55 bits per heavy atom. The van der Waals surface area contributed by atoms with Gasteiger partial charge in [-0.25, -0.2) is 4.98 Å². The zero-order valence-electron chi connectivity index (χ0n) is 11.4. The number of anilines is 2. The van der Waals surface area contributed by atoms with Crippen LogP contribution in [-0.4, -0.2) is 9.97 Å². The Morgan fingerprint density at radius 2 is 1.80 bits per heavy atom. The van der Waals surface area contributed by atoms with Gasteiger partial charge < -0.3 is 5.32 Å². The van der Waals surface area contributed by atoms with Gasteiger partial charge in [0.05, 0.1) is 5.69 Å². The van der Waals surface area contributed by atoms with Gasteiger partial charge in [0.25, 0.3) is 0 Å². The molecule has 0 aliphatic heterocycles. The van der Waals surface area contributed by atoms with E-state index in [9.17, 15) is 0 Å². The van der Waals surface area contributed by atoms with E-state index in [4.69, 9.17) is 0 Å². The lowest BCUT2D eigenvalue weighted by Crippen LogP contribution is -1.91. The van der Waals surface area contributed by atoms with Crippen molar-refractivity contribution in [3.05, 3.63) is 59.2 Å². The number of nitrogens with one attached hydrogen (secondary N) is 1. The predicted molar refractivity (Wildman–Crippen MR) is 84.5 cm³/mol. The number of pyridine rings is 1. The van der Waals surface area contributed by atoms with Crippen molar-refractivity contribution >= 4 is 22.2 Å². The van der Waals surface area contributed by atoms with Gasteiger partial charge in [-0.3, -0.25) is 4.98 Å². The summed E-state index contributed by atoms with van der Waals surface area (Å²) < 4.78 is 0. The predicted octanol–water partition coefficient (Wildman–Crippen LogP) is 4.57. The van der Waals surface area contributed by atoms with Crippen molar-refractivity contribution in [2.75, 3.05) is 5.32 Å². The van der Waals surface area contributed by atoms with E-state index in [0.717, 1.165) is 22.1 Å². The van der Waals surface area contributed by atoms with Crippen LogP contribution >= 0.6 is 11.3 Å². The summed E-state index contributed by atoms with van der Waals surface area (Å²) in [6.45, 7) is 4.23. The molecule has 3 aromatic rings. The average molecular weight is 281 g/mol. The van der Waals surface area contributed by atoms with Crippen LogP contribution in [0.3, 0.4) is 0 Å². The second kappa shape index (κ2) is 5.43. The zero-order chi connectivity index (χ0) is 13.9. The second-order valence-corrected chi connectivity index (χ2v) is 5.56. The Balaban J connectivity index is 1.82. The standard InChI is InChI=1S/C16H15N3S/c1-11-3-4-14(9-12(11)2)18-16-19-15(10-20-16)13-5-7-17-8-6-13/h3-10H,1-2H3,(H,18,19). The number of hydrogen-bond acceptors (Lipinski definition) is 4. The molecule has 2 aromatic heterocycles. The summed E-state index contributed by atoms with van der Waals surface area (Å²) >= 11 is 1.61. The Kier molecular flexibility index (Phi) is 3.48. The minimum atomic E-state index is 0.903. The molecule has 2 heterocycles. The summed E-state index contributed by atoms with van der Waals surface area (Å²) in [5, 5.41) is 6.31. The van der Waals surface area contributed by atoms with Crippen molar-refractivity contribution < 1.29 is 0 Å². The van der Waals surface area contributed by atoms with Crippen molar-refractivity contribution in [2.24, 2.45) is 0 Å². The third kappa shape index (κ3) is 2.70. The van der Waals surface area contributed by atoms with Gasteiger partial charge in [-0.05, 0) is 49.2 Å². The molecule has 0 bridgehead atoms. The number of benzene rings is 1. The smallest absolute Gasteiger partial charge is 0.187 e. The van der Waals surface area contributed by atoms with Gasteiger partial charge in [-0.2, -0.15) is 0 Å². The number of aromatic nitrogens is 2. The van der Waals surface area contributed by atoms with Crippen LogP contribution in [0, 0.1) is 13.8 Å². The maximum absolute atomic E-state index is 4.61. The Hall–Kier alpha value is -2.20. The van der Waals surface area contributed by atoms with Crippen molar-refractivity contribution in [3.63, 3.8) is 0 Å². The fourth-order valence-electron chi connectivity index (χ4n) is 1.93. The monoisotopic (exact) mass is 281 g/mol. The Morgan fingerprint density at radius 1 is 1.00 bits per heavy atom. The molecule has 0 amide bonds. The van der Waals surface area contributed by atoms with Crippen molar-refractivity contribution in [1.29, 1.82) is 0 Å². The third-order valence-electron chi connectivity index (χ3n) is 3.24. The molecule has 0 fully saturated rings. The van der Waals surface area contributed by atoms with E-state index in [1.807, 2.05) is 12.1 Å². The lowest BCUT2D eigenvalue weighted by atomic mass is 10.1. The van der Waals surface area contributed by atoms with Crippen molar-refractivity contribution in [3.8, 4) is 11.3 Å². The fraction of sp³-hybridized carbons (Fsp3) is 0.125. The molecule has 0 aliphatic rings. The van der Waals surface area contributed by atoms with E-state index in [1.54, 1.807) is 23.7 Å². The number of rotatable bonds is 3. The molecular formula is C16H15N3S. The lowest BCUT2D eigenvalue weighted by molar-refractivity contribution is 1.30. The molecule has 3 nitrogen and oxygen atoms in total. The zero-order valence-corrected chi connectivity index (χ0v) is 12.2. The van der Waals surface area contributed by atoms with E-state index < -0.39 is 0 Å². The van der Waals surface area contributed by atoms with Crippen LogP contribution in [0.4, 0.5) is 10.8 Å². The molecule has 100 valence electrons. The Bertz CT molecular complexity index is 720. The van der Waals surface area contributed by atoms with Crippen molar-refractivity contribution in [1.82, 2.24) is 9.97 Å². The molecule has 4 heteroatoms. The van der Waals surface area contributed by atoms with Crippen LogP contribution in [-0.2, 0) is 0 Å².